The smallest absolute Gasteiger partial charge is 0.326 e. The summed E-state index contributed by atoms with van der Waals surface area (Å²) in [7, 11) is 0. The Bertz CT molecular complexity index is 1320. The molecule has 0 aromatic heterocycles. The van der Waals surface area contributed by atoms with Crippen molar-refractivity contribution < 1.29 is 19.4 Å². The van der Waals surface area contributed by atoms with E-state index in [1.54, 1.807) is 11.8 Å². The van der Waals surface area contributed by atoms with E-state index in [1.165, 1.54) is 11.1 Å². The molecule has 0 saturated carbocycles. The van der Waals surface area contributed by atoms with E-state index in [4.69, 9.17) is 9.47 Å². The number of benzene rings is 3. The van der Waals surface area contributed by atoms with Gasteiger partial charge in [0.05, 0.1) is 19.3 Å². The molecule has 0 amide bonds. The normalized spacial score (nSPS) is 13.8. The van der Waals surface area contributed by atoms with Gasteiger partial charge >= 0.3 is 5.97 Å². The number of nitrogens with one attached hydrogen (secondary N) is 1. The summed E-state index contributed by atoms with van der Waals surface area (Å²) in [5.74, 6) is 0.881. The summed E-state index contributed by atoms with van der Waals surface area (Å²) in [6.45, 7) is 9.78. The number of carbonyl (C=O) groups is 1. The molecule has 5 nitrogen and oxygen atoms in total. The molecule has 0 saturated heterocycles. The van der Waals surface area contributed by atoms with Crippen LogP contribution in [0.4, 0.5) is 0 Å². The van der Waals surface area contributed by atoms with Gasteiger partial charge in [-0.1, -0.05) is 68.8 Å². The number of thioether (sulfide) groups is 1. The molecule has 3 aromatic rings. The van der Waals surface area contributed by atoms with Gasteiger partial charge in [-0.15, -0.1) is 0 Å². The molecule has 40 heavy (non-hydrogen) atoms. The van der Waals surface area contributed by atoms with Crippen LogP contribution in [-0.4, -0.2) is 35.7 Å². The number of unbranched alkanes of at least 4 members (excludes halogenated alkanes) is 1. The van der Waals surface area contributed by atoms with Crippen LogP contribution in [0.15, 0.2) is 67.2 Å². The Hall–Kier alpha value is -3.22. The van der Waals surface area contributed by atoms with Crippen LogP contribution in [0, 0.1) is 6.92 Å². The topological polar surface area (TPSA) is 67.8 Å². The number of carboxylic acids is 1. The third-order valence-electron chi connectivity index (χ3n) is 7.46. The van der Waals surface area contributed by atoms with Crippen LogP contribution in [-0.2, 0) is 22.6 Å². The second-order valence-corrected chi connectivity index (χ2v) is 11.4. The van der Waals surface area contributed by atoms with E-state index < -0.39 is 12.0 Å². The number of aliphatic carboxylic acids is 1. The van der Waals surface area contributed by atoms with Crippen LogP contribution in [0.5, 0.6) is 5.75 Å². The lowest BCUT2D eigenvalue weighted by Gasteiger charge is -2.22. The highest BCUT2D eigenvalue weighted by molar-refractivity contribution is 7.98. The SMILES string of the molecule is C=C(NC(CCSC)C(=O)O)c1ccc(COC(CCCC)c2ccc3c(c2)CCO3)cc1-c1ccccc1C. The van der Waals surface area contributed by atoms with Crippen molar-refractivity contribution in [1.29, 1.82) is 0 Å². The molecule has 0 bridgehead atoms. The van der Waals surface area contributed by atoms with Gasteiger partial charge in [0, 0.05) is 17.7 Å². The summed E-state index contributed by atoms with van der Waals surface area (Å²) in [5.41, 5.74) is 8.30. The Labute approximate surface area is 243 Å². The molecule has 2 atom stereocenters. The molecular formula is C34H41NO4S. The van der Waals surface area contributed by atoms with Crippen molar-refractivity contribution in [2.45, 2.75) is 64.7 Å². The number of fused-ring (bicyclic) bond motifs is 1. The highest BCUT2D eigenvalue weighted by Gasteiger charge is 2.21. The minimum absolute atomic E-state index is 0.0110. The summed E-state index contributed by atoms with van der Waals surface area (Å²) in [6, 6.07) is 20.3. The minimum atomic E-state index is -0.867. The van der Waals surface area contributed by atoms with Gasteiger partial charge in [0.25, 0.3) is 0 Å². The molecule has 3 aromatic carbocycles. The largest absolute Gasteiger partial charge is 0.493 e. The number of hydrogen-bond donors (Lipinski definition) is 2. The molecule has 0 radical (unpaired) electrons. The highest BCUT2D eigenvalue weighted by atomic mass is 32.2. The molecule has 1 aliphatic heterocycles. The van der Waals surface area contributed by atoms with Gasteiger partial charge in [-0.2, -0.15) is 11.8 Å². The molecule has 2 unspecified atom stereocenters. The van der Waals surface area contributed by atoms with Gasteiger partial charge in [-0.25, -0.2) is 4.79 Å². The van der Waals surface area contributed by atoms with Gasteiger partial charge in [0.2, 0.25) is 0 Å². The van der Waals surface area contributed by atoms with Gasteiger partial charge in [0.1, 0.15) is 11.8 Å². The summed E-state index contributed by atoms with van der Waals surface area (Å²) >= 11 is 1.64. The van der Waals surface area contributed by atoms with E-state index in [0.29, 0.717) is 18.7 Å². The van der Waals surface area contributed by atoms with E-state index in [2.05, 4.69) is 68.2 Å². The summed E-state index contributed by atoms with van der Waals surface area (Å²) in [4.78, 5) is 11.9. The Kier molecular flexibility index (Phi) is 10.7. The van der Waals surface area contributed by atoms with Crippen molar-refractivity contribution in [3.8, 4) is 16.9 Å². The summed E-state index contributed by atoms with van der Waals surface area (Å²) in [5, 5.41) is 12.9. The maximum Gasteiger partial charge on any atom is 0.326 e. The third kappa shape index (κ3) is 7.49. The van der Waals surface area contributed by atoms with E-state index >= 15 is 0 Å². The Balaban J connectivity index is 1.60. The standard InChI is InChI=1S/C34H41NO4S/c1-5-6-11-32(26-13-15-33-27(21-26)16-18-38-33)39-22-25-12-14-29(24(3)35-31(34(36)37)17-19-40-4)30(20-25)28-10-8-7-9-23(28)2/h7-10,12-15,20-21,31-32,35H,3,5-6,11,16-19,22H2,1-2,4H3,(H,36,37). The number of carboxylic acid groups (broad SMARTS) is 1. The molecule has 0 spiro atoms. The fourth-order valence-electron chi connectivity index (χ4n) is 5.16. The summed E-state index contributed by atoms with van der Waals surface area (Å²) in [6.07, 6.45) is 6.64. The number of aryl methyl sites for hydroxylation is 1. The van der Waals surface area contributed by atoms with E-state index in [0.717, 1.165) is 71.6 Å². The van der Waals surface area contributed by atoms with E-state index in [9.17, 15) is 9.90 Å². The van der Waals surface area contributed by atoms with Crippen LogP contribution in [0.2, 0.25) is 0 Å². The first-order chi connectivity index (χ1) is 19.4. The molecule has 0 aliphatic carbocycles. The predicted molar refractivity (Wildman–Crippen MR) is 166 cm³/mol. The first kappa shape index (κ1) is 29.8. The van der Waals surface area contributed by atoms with Crippen LogP contribution in [0.3, 0.4) is 0 Å². The van der Waals surface area contributed by atoms with Crippen molar-refractivity contribution in [3.63, 3.8) is 0 Å². The average Bonchev–Trinajstić information content (AvgIpc) is 3.43. The minimum Gasteiger partial charge on any atom is -0.493 e. The van der Waals surface area contributed by atoms with Crippen LogP contribution in [0.1, 0.15) is 66.5 Å². The highest BCUT2D eigenvalue weighted by Crippen LogP contribution is 2.34. The molecular weight excluding hydrogens is 518 g/mol. The quantitative estimate of drug-likeness (QED) is 0.198. The van der Waals surface area contributed by atoms with Crippen molar-refractivity contribution in [2.75, 3.05) is 18.6 Å². The second kappa shape index (κ2) is 14.4. The zero-order chi connectivity index (χ0) is 28.5. The van der Waals surface area contributed by atoms with Crippen molar-refractivity contribution >= 4 is 23.4 Å². The zero-order valence-electron chi connectivity index (χ0n) is 23.9. The third-order valence-corrected chi connectivity index (χ3v) is 8.10. The maximum absolute atomic E-state index is 11.9. The molecule has 4 rings (SSSR count). The van der Waals surface area contributed by atoms with Crippen LogP contribution < -0.4 is 10.1 Å². The molecule has 2 N–H and O–H groups in total. The average molecular weight is 560 g/mol. The molecule has 0 fully saturated rings. The Morgan fingerprint density at radius 2 is 1.95 bits per heavy atom. The zero-order valence-corrected chi connectivity index (χ0v) is 24.7. The molecule has 6 heteroatoms. The maximum atomic E-state index is 11.9. The number of hydrogen-bond acceptors (Lipinski definition) is 5. The Morgan fingerprint density at radius 3 is 2.70 bits per heavy atom. The van der Waals surface area contributed by atoms with E-state index in [1.807, 2.05) is 24.5 Å². The lowest BCUT2D eigenvalue weighted by molar-refractivity contribution is -0.139. The fraction of sp³-hybridized carbons (Fsp3) is 0.382. The van der Waals surface area contributed by atoms with Crippen LogP contribution in [0.25, 0.3) is 16.8 Å². The predicted octanol–water partition coefficient (Wildman–Crippen LogP) is 7.81. The summed E-state index contributed by atoms with van der Waals surface area (Å²) < 4.78 is 12.3. The molecule has 1 aliphatic rings. The van der Waals surface area contributed by atoms with Gasteiger partial charge in [0.15, 0.2) is 0 Å². The first-order valence-electron chi connectivity index (χ1n) is 14.1. The first-order valence-corrected chi connectivity index (χ1v) is 15.5. The lowest BCUT2D eigenvalue weighted by Crippen LogP contribution is -2.35. The number of ether oxygens (including phenoxy) is 2. The molecule has 212 valence electrons. The fourth-order valence-corrected chi connectivity index (χ4v) is 5.63. The van der Waals surface area contributed by atoms with Crippen molar-refractivity contribution in [3.05, 3.63) is 95.1 Å². The Morgan fingerprint density at radius 1 is 1.12 bits per heavy atom. The van der Waals surface area contributed by atoms with Gasteiger partial charge in [-0.05, 0) is 83.4 Å². The van der Waals surface area contributed by atoms with Crippen molar-refractivity contribution in [2.24, 2.45) is 0 Å². The lowest BCUT2D eigenvalue weighted by atomic mass is 9.92. The monoisotopic (exact) mass is 559 g/mol. The molecule has 1 heterocycles. The van der Waals surface area contributed by atoms with Gasteiger partial charge < -0.3 is 19.9 Å². The van der Waals surface area contributed by atoms with Crippen molar-refractivity contribution in [1.82, 2.24) is 5.32 Å². The van der Waals surface area contributed by atoms with E-state index in [-0.39, 0.29) is 6.10 Å². The van der Waals surface area contributed by atoms with Crippen LogP contribution >= 0.6 is 11.8 Å². The van der Waals surface area contributed by atoms with Gasteiger partial charge in [-0.3, -0.25) is 0 Å². The number of rotatable bonds is 15. The second-order valence-electron chi connectivity index (χ2n) is 10.4.